The van der Waals surface area contributed by atoms with E-state index in [-0.39, 0.29) is 29.8 Å². The van der Waals surface area contributed by atoms with Crippen molar-refractivity contribution in [3.05, 3.63) is 24.0 Å². The third-order valence-corrected chi connectivity index (χ3v) is 4.25. The van der Waals surface area contributed by atoms with E-state index < -0.39 is 0 Å². The average molecular weight is 366 g/mol. The summed E-state index contributed by atoms with van der Waals surface area (Å²) in [5.41, 5.74) is 0.943. The molecule has 0 aliphatic rings. The maximum atomic E-state index is 12.9. The number of carbonyl (C=O) groups is 2. The number of hydrogen-bond donors (Lipinski definition) is 0. The summed E-state index contributed by atoms with van der Waals surface area (Å²) in [4.78, 5) is 29.1. The topological polar surface area (TPSA) is 54.8 Å². The number of ether oxygens (including phenoxy) is 1. The SMILES string of the molecule is COCCN(Cc1cccn1C)C(=O)CN(C(=O)CC(C)(C)C)C(C)C. The molecule has 2 amide bonds. The predicted molar refractivity (Wildman–Crippen MR) is 104 cm³/mol. The van der Waals surface area contributed by atoms with Gasteiger partial charge in [0.25, 0.3) is 0 Å². The lowest BCUT2D eigenvalue weighted by molar-refractivity contribution is -0.143. The molecule has 0 spiro atoms. The van der Waals surface area contributed by atoms with Crippen molar-refractivity contribution < 1.29 is 14.3 Å². The first-order chi connectivity index (χ1) is 12.0. The Labute approximate surface area is 158 Å². The molecule has 26 heavy (non-hydrogen) atoms. The molecule has 0 bridgehead atoms. The second-order valence-electron chi connectivity index (χ2n) is 8.27. The molecule has 0 saturated carbocycles. The van der Waals surface area contributed by atoms with Crippen LogP contribution < -0.4 is 0 Å². The van der Waals surface area contributed by atoms with Gasteiger partial charge < -0.3 is 19.1 Å². The van der Waals surface area contributed by atoms with E-state index >= 15 is 0 Å². The van der Waals surface area contributed by atoms with Crippen molar-refractivity contribution in [3.63, 3.8) is 0 Å². The van der Waals surface area contributed by atoms with Crippen molar-refractivity contribution in [2.75, 3.05) is 26.8 Å². The van der Waals surface area contributed by atoms with Crippen LogP contribution in [0.3, 0.4) is 0 Å². The molecule has 6 nitrogen and oxygen atoms in total. The Bertz CT molecular complexity index is 587. The highest BCUT2D eigenvalue weighted by Crippen LogP contribution is 2.21. The van der Waals surface area contributed by atoms with Gasteiger partial charge in [-0.2, -0.15) is 0 Å². The maximum absolute atomic E-state index is 12.9. The molecule has 0 aliphatic heterocycles. The highest BCUT2D eigenvalue weighted by Gasteiger charge is 2.26. The van der Waals surface area contributed by atoms with E-state index in [9.17, 15) is 9.59 Å². The molecule has 1 aromatic rings. The molecule has 0 saturated heterocycles. The molecule has 0 unspecified atom stereocenters. The van der Waals surface area contributed by atoms with Crippen molar-refractivity contribution in [2.45, 2.75) is 53.6 Å². The van der Waals surface area contributed by atoms with Crippen LogP contribution in [0.4, 0.5) is 0 Å². The van der Waals surface area contributed by atoms with Crippen molar-refractivity contribution in [3.8, 4) is 0 Å². The van der Waals surface area contributed by atoms with E-state index in [2.05, 4.69) is 0 Å². The summed E-state index contributed by atoms with van der Waals surface area (Å²) in [6.07, 6.45) is 2.38. The standard InChI is InChI=1S/C20H35N3O3/c1-16(2)23(18(24)13-20(3,4)5)15-19(25)22(11-12-26-7)14-17-9-8-10-21(17)6/h8-10,16H,11-15H2,1-7H3. The van der Waals surface area contributed by atoms with Gasteiger partial charge in [0.15, 0.2) is 0 Å². The number of methoxy groups -OCH3 is 1. The summed E-state index contributed by atoms with van der Waals surface area (Å²) in [6.45, 7) is 11.6. The van der Waals surface area contributed by atoms with Crippen molar-refractivity contribution in [1.82, 2.24) is 14.4 Å². The second kappa shape index (κ2) is 9.76. The van der Waals surface area contributed by atoms with Crippen LogP contribution in [0.15, 0.2) is 18.3 Å². The number of hydrogen-bond acceptors (Lipinski definition) is 3. The number of rotatable bonds is 9. The third-order valence-electron chi connectivity index (χ3n) is 4.25. The Morgan fingerprint density at radius 2 is 1.88 bits per heavy atom. The summed E-state index contributed by atoms with van der Waals surface area (Å²) in [7, 11) is 3.58. The molecule has 0 atom stereocenters. The van der Waals surface area contributed by atoms with Gasteiger partial charge in [-0.1, -0.05) is 20.8 Å². The number of nitrogens with zero attached hydrogens (tertiary/aromatic N) is 3. The van der Waals surface area contributed by atoms with Crippen LogP contribution in [0.25, 0.3) is 0 Å². The van der Waals surface area contributed by atoms with E-state index in [1.54, 1.807) is 16.9 Å². The Hall–Kier alpha value is -1.82. The lowest BCUT2D eigenvalue weighted by atomic mass is 9.91. The van der Waals surface area contributed by atoms with Crippen LogP contribution >= 0.6 is 0 Å². The van der Waals surface area contributed by atoms with Crippen LogP contribution in [0, 0.1) is 5.41 Å². The fourth-order valence-corrected chi connectivity index (χ4v) is 2.71. The van der Waals surface area contributed by atoms with Crippen LogP contribution in [0.5, 0.6) is 0 Å². The minimum absolute atomic E-state index is 0.0198. The normalized spacial score (nSPS) is 11.7. The molecule has 0 fully saturated rings. The molecular weight excluding hydrogens is 330 g/mol. The second-order valence-corrected chi connectivity index (χ2v) is 8.27. The van der Waals surface area contributed by atoms with Gasteiger partial charge in [-0.15, -0.1) is 0 Å². The van der Waals surface area contributed by atoms with Gasteiger partial charge in [0.2, 0.25) is 11.8 Å². The molecule has 6 heteroatoms. The zero-order valence-electron chi connectivity index (χ0n) is 17.4. The van der Waals surface area contributed by atoms with Gasteiger partial charge in [0.1, 0.15) is 0 Å². The minimum atomic E-state index is -0.105. The monoisotopic (exact) mass is 365 g/mol. The van der Waals surface area contributed by atoms with E-state index in [1.807, 2.05) is 64.6 Å². The number of carbonyl (C=O) groups excluding carboxylic acids is 2. The van der Waals surface area contributed by atoms with Gasteiger partial charge >= 0.3 is 0 Å². The van der Waals surface area contributed by atoms with Crippen molar-refractivity contribution in [1.29, 1.82) is 0 Å². The predicted octanol–water partition coefficient (Wildman–Crippen LogP) is 2.67. The van der Waals surface area contributed by atoms with E-state index in [4.69, 9.17) is 4.74 Å². The van der Waals surface area contributed by atoms with Crippen LogP contribution in [-0.2, 0) is 27.9 Å². The number of aromatic nitrogens is 1. The fourth-order valence-electron chi connectivity index (χ4n) is 2.71. The molecule has 1 rings (SSSR count). The van der Waals surface area contributed by atoms with Crippen LogP contribution in [0.1, 0.15) is 46.7 Å². The van der Waals surface area contributed by atoms with Gasteiger partial charge in [-0.3, -0.25) is 9.59 Å². The quantitative estimate of drug-likeness (QED) is 0.676. The van der Waals surface area contributed by atoms with Crippen LogP contribution in [0.2, 0.25) is 0 Å². The zero-order chi connectivity index (χ0) is 19.9. The third kappa shape index (κ3) is 7.20. The largest absolute Gasteiger partial charge is 0.383 e. The fraction of sp³-hybridized carbons (Fsp3) is 0.700. The van der Waals surface area contributed by atoms with Crippen molar-refractivity contribution >= 4 is 11.8 Å². The minimum Gasteiger partial charge on any atom is -0.383 e. The Morgan fingerprint density at radius 3 is 2.35 bits per heavy atom. The molecule has 0 aromatic carbocycles. The smallest absolute Gasteiger partial charge is 0.242 e. The molecule has 1 aromatic heterocycles. The molecule has 0 aliphatic carbocycles. The molecular formula is C20H35N3O3. The zero-order valence-corrected chi connectivity index (χ0v) is 17.4. The van der Waals surface area contributed by atoms with Crippen molar-refractivity contribution in [2.24, 2.45) is 12.5 Å². The number of aryl methyl sites for hydroxylation is 1. The van der Waals surface area contributed by atoms with Gasteiger partial charge in [0.05, 0.1) is 19.7 Å². The molecule has 1 heterocycles. The number of amides is 2. The average Bonchev–Trinajstić information content (AvgIpc) is 2.91. The lowest BCUT2D eigenvalue weighted by Gasteiger charge is -2.32. The van der Waals surface area contributed by atoms with Gasteiger partial charge in [-0.05, 0) is 31.4 Å². The first-order valence-electron chi connectivity index (χ1n) is 9.21. The Kier molecular flexibility index (Phi) is 8.34. The van der Waals surface area contributed by atoms with E-state index in [0.717, 1.165) is 5.69 Å². The summed E-state index contributed by atoms with van der Waals surface area (Å²) >= 11 is 0. The van der Waals surface area contributed by atoms with E-state index in [0.29, 0.717) is 26.1 Å². The first kappa shape index (κ1) is 22.2. The first-order valence-corrected chi connectivity index (χ1v) is 9.21. The lowest BCUT2D eigenvalue weighted by Crippen LogP contribution is -2.47. The van der Waals surface area contributed by atoms with Gasteiger partial charge in [-0.25, -0.2) is 0 Å². The summed E-state index contributed by atoms with van der Waals surface area (Å²) in [6, 6.07) is 3.94. The summed E-state index contributed by atoms with van der Waals surface area (Å²) in [5.74, 6) is -0.0365. The Morgan fingerprint density at radius 1 is 1.23 bits per heavy atom. The van der Waals surface area contributed by atoms with Crippen LogP contribution in [-0.4, -0.2) is 59.0 Å². The summed E-state index contributed by atoms with van der Waals surface area (Å²) < 4.78 is 7.15. The molecule has 148 valence electrons. The highest BCUT2D eigenvalue weighted by atomic mass is 16.5. The van der Waals surface area contributed by atoms with E-state index in [1.165, 1.54) is 0 Å². The molecule has 0 radical (unpaired) electrons. The maximum Gasteiger partial charge on any atom is 0.242 e. The molecule has 0 N–H and O–H groups in total. The Balaban J connectivity index is 2.86. The van der Waals surface area contributed by atoms with Gasteiger partial charge in [0, 0.05) is 45.1 Å². The summed E-state index contributed by atoms with van der Waals surface area (Å²) in [5, 5.41) is 0. The highest BCUT2D eigenvalue weighted by molar-refractivity contribution is 5.85.